The molecule has 1 amide bonds. The Balaban J connectivity index is 1.30. The summed E-state index contributed by atoms with van der Waals surface area (Å²) in [6.07, 6.45) is 2.69. The molecule has 0 unspecified atom stereocenters. The number of aryl methyl sites for hydroxylation is 2. The predicted octanol–water partition coefficient (Wildman–Crippen LogP) is 2.18. The Morgan fingerprint density at radius 3 is 3.00 bits per heavy atom. The molecule has 1 atom stereocenters. The number of hydrogen-bond acceptors (Lipinski definition) is 9. The molecule has 0 radical (unpaired) electrons. The van der Waals surface area contributed by atoms with Crippen LogP contribution in [-0.2, 0) is 11.2 Å². The molecule has 1 aliphatic heterocycles. The second-order valence-corrected chi connectivity index (χ2v) is 7.87. The second-order valence-electron chi connectivity index (χ2n) is 6.93. The molecule has 4 heterocycles. The van der Waals surface area contributed by atoms with Gasteiger partial charge in [0.25, 0.3) is 5.19 Å². The van der Waals surface area contributed by atoms with Crippen LogP contribution in [-0.4, -0.2) is 50.5 Å². The third kappa shape index (κ3) is 5.02. The Bertz CT molecular complexity index is 975. The summed E-state index contributed by atoms with van der Waals surface area (Å²) in [5, 5.41) is 19.7. The van der Waals surface area contributed by atoms with E-state index in [0.29, 0.717) is 16.9 Å². The Morgan fingerprint density at radius 1 is 1.31 bits per heavy atom. The minimum Gasteiger partial charge on any atom is -0.464 e. The van der Waals surface area contributed by atoms with Gasteiger partial charge in [-0.25, -0.2) is 0 Å². The molecule has 150 valence electrons. The summed E-state index contributed by atoms with van der Waals surface area (Å²) in [5.41, 5.74) is 2.71. The highest BCUT2D eigenvalue weighted by Gasteiger charge is 2.26. The number of hydrogen-bond donors (Lipinski definition) is 1. The Hall–Kier alpha value is -3.14. The van der Waals surface area contributed by atoms with Crippen molar-refractivity contribution in [1.29, 1.82) is 0 Å². The molecule has 3 aromatic rings. The molecule has 3 aromatic heterocycles. The van der Waals surface area contributed by atoms with Crippen molar-refractivity contribution in [3.05, 3.63) is 47.4 Å². The molecule has 0 bridgehead atoms. The van der Waals surface area contributed by atoms with E-state index in [1.165, 1.54) is 11.3 Å². The average molecular weight is 411 g/mol. The van der Waals surface area contributed by atoms with Crippen LogP contribution in [0.5, 0.6) is 5.19 Å². The van der Waals surface area contributed by atoms with Gasteiger partial charge < -0.3 is 15.0 Å². The normalized spacial score (nSPS) is 16.1. The third-order valence-electron chi connectivity index (χ3n) is 4.44. The minimum absolute atomic E-state index is 0.00650. The van der Waals surface area contributed by atoms with Crippen molar-refractivity contribution in [2.45, 2.75) is 32.8 Å². The Labute approximate surface area is 172 Å². The first-order valence-corrected chi connectivity index (χ1v) is 10.1. The summed E-state index contributed by atoms with van der Waals surface area (Å²) in [5.74, 6) is 0.656. The van der Waals surface area contributed by atoms with Gasteiger partial charge in [-0.2, -0.15) is 5.10 Å². The van der Waals surface area contributed by atoms with Crippen LogP contribution in [0.4, 0.5) is 10.9 Å². The number of rotatable bonds is 6. The summed E-state index contributed by atoms with van der Waals surface area (Å²) in [7, 11) is 0. The van der Waals surface area contributed by atoms with Gasteiger partial charge >= 0.3 is 0 Å². The van der Waals surface area contributed by atoms with Crippen molar-refractivity contribution in [1.82, 2.24) is 25.4 Å². The standard InChI is InChI=1S/C19H21N7O2S/c1-12-8-13(2)21-14(9-12)10-17(27)22-18-24-25-19(29-18)28-15-5-7-26(11-15)16-4-3-6-20-23-16/h3-4,6,8-9,15H,5,7,10-11H2,1-2H3,(H,22,24,27)/t15-/m1/s1. The average Bonchev–Trinajstić information content (AvgIpc) is 3.31. The van der Waals surface area contributed by atoms with E-state index < -0.39 is 0 Å². The van der Waals surface area contributed by atoms with Gasteiger partial charge in [0.2, 0.25) is 11.0 Å². The third-order valence-corrected chi connectivity index (χ3v) is 5.17. The number of amides is 1. The van der Waals surface area contributed by atoms with Gasteiger partial charge in [-0.15, -0.1) is 10.2 Å². The van der Waals surface area contributed by atoms with Crippen LogP contribution in [0.2, 0.25) is 0 Å². The van der Waals surface area contributed by atoms with Crippen molar-refractivity contribution >= 4 is 28.2 Å². The molecule has 1 saturated heterocycles. The van der Waals surface area contributed by atoms with Crippen LogP contribution in [0.1, 0.15) is 23.4 Å². The quantitative estimate of drug-likeness (QED) is 0.658. The molecular formula is C19H21N7O2S. The fourth-order valence-electron chi connectivity index (χ4n) is 3.29. The zero-order valence-electron chi connectivity index (χ0n) is 16.2. The Kier molecular flexibility index (Phi) is 5.61. The van der Waals surface area contributed by atoms with E-state index in [0.717, 1.165) is 35.7 Å². The smallest absolute Gasteiger partial charge is 0.296 e. The number of carbonyl (C=O) groups is 1. The first kappa shape index (κ1) is 19.2. The zero-order valence-corrected chi connectivity index (χ0v) is 17.0. The topological polar surface area (TPSA) is 106 Å². The molecule has 10 heteroatoms. The molecule has 1 aliphatic rings. The van der Waals surface area contributed by atoms with Crippen molar-refractivity contribution in [2.24, 2.45) is 0 Å². The molecule has 4 rings (SSSR count). The van der Waals surface area contributed by atoms with E-state index in [1.54, 1.807) is 6.20 Å². The maximum Gasteiger partial charge on any atom is 0.296 e. The van der Waals surface area contributed by atoms with Crippen LogP contribution in [0.3, 0.4) is 0 Å². The molecule has 0 aromatic carbocycles. The van der Waals surface area contributed by atoms with Gasteiger partial charge in [-0.3, -0.25) is 9.78 Å². The Morgan fingerprint density at radius 2 is 2.21 bits per heavy atom. The van der Waals surface area contributed by atoms with E-state index >= 15 is 0 Å². The summed E-state index contributed by atoms with van der Waals surface area (Å²) in [6.45, 7) is 5.45. The monoisotopic (exact) mass is 411 g/mol. The molecule has 0 spiro atoms. The van der Waals surface area contributed by atoms with E-state index in [1.807, 2.05) is 38.1 Å². The number of anilines is 2. The number of nitrogens with zero attached hydrogens (tertiary/aromatic N) is 6. The number of carbonyl (C=O) groups excluding carboxylic acids is 1. The summed E-state index contributed by atoms with van der Waals surface area (Å²) < 4.78 is 5.93. The van der Waals surface area contributed by atoms with Gasteiger partial charge in [0.05, 0.1) is 18.7 Å². The first-order chi connectivity index (χ1) is 14.0. The maximum atomic E-state index is 12.3. The highest BCUT2D eigenvalue weighted by atomic mass is 32.1. The summed E-state index contributed by atoms with van der Waals surface area (Å²) >= 11 is 1.22. The lowest BCUT2D eigenvalue weighted by molar-refractivity contribution is -0.115. The minimum atomic E-state index is -0.181. The van der Waals surface area contributed by atoms with E-state index in [2.05, 4.69) is 35.6 Å². The highest BCUT2D eigenvalue weighted by molar-refractivity contribution is 7.17. The van der Waals surface area contributed by atoms with Gasteiger partial charge in [0, 0.05) is 24.9 Å². The number of ether oxygens (including phenoxy) is 1. The lowest BCUT2D eigenvalue weighted by atomic mass is 10.2. The van der Waals surface area contributed by atoms with Crippen molar-refractivity contribution in [3.8, 4) is 5.19 Å². The number of pyridine rings is 1. The molecule has 1 fully saturated rings. The SMILES string of the molecule is Cc1cc(C)nc(CC(=O)Nc2nnc(O[C@@H]3CCN(c4cccnn4)C3)s2)c1. The molecule has 0 aliphatic carbocycles. The fourth-order valence-corrected chi connectivity index (χ4v) is 3.97. The van der Waals surface area contributed by atoms with E-state index in [4.69, 9.17) is 4.74 Å². The van der Waals surface area contributed by atoms with Crippen LogP contribution in [0.25, 0.3) is 0 Å². The summed E-state index contributed by atoms with van der Waals surface area (Å²) in [4.78, 5) is 18.8. The van der Waals surface area contributed by atoms with Crippen LogP contribution < -0.4 is 15.0 Å². The largest absolute Gasteiger partial charge is 0.464 e. The fraction of sp³-hybridized carbons (Fsp3) is 0.368. The van der Waals surface area contributed by atoms with E-state index in [-0.39, 0.29) is 18.4 Å². The van der Waals surface area contributed by atoms with Gasteiger partial charge in [0.15, 0.2) is 5.82 Å². The molecule has 29 heavy (non-hydrogen) atoms. The number of aromatic nitrogens is 5. The lowest BCUT2D eigenvalue weighted by Gasteiger charge is -2.16. The van der Waals surface area contributed by atoms with Gasteiger partial charge in [0.1, 0.15) is 6.10 Å². The maximum absolute atomic E-state index is 12.3. The molecule has 1 N–H and O–H groups in total. The predicted molar refractivity (Wildman–Crippen MR) is 109 cm³/mol. The van der Waals surface area contributed by atoms with Crippen molar-refractivity contribution in [3.63, 3.8) is 0 Å². The van der Waals surface area contributed by atoms with Crippen molar-refractivity contribution < 1.29 is 9.53 Å². The molecule has 0 saturated carbocycles. The summed E-state index contributed by atoms with van der Waals surface area (Å²) in [6, 6.07) is 7.68. The second kappa shape index (κ2) is 8.48. The lowest BCUT2D eigenvalue weighted by Crippen LogP contribution is -2.25. The van der Waals surface area contributed by atoms with E-state index in [9.17, 15) is 4.79 Å². The van der Waals surface area contributed by atoms with Crippen LogP contribution >= 0.6 is 11.3 Å². The molecular weight excluding hydrogens is 390 g/mol. The number of nitrogens with one attached hydrogen (secondary N) is 1. The van der Waals surface area contributed by atoms with Gasteiger partial charge in [-0.05, 0) is 55.0 Å². The zero-order chi connectivity index (χ0) is 20.2. The van der Waals surface area contributed by atoms with Crippen LogP contribution in [0, 0.1) is 13.8 Å². The van der Waals surface area contributed by atoms with Gasteiger partial charge in [-0.1, -0.05) is 5.10 Å². The first-order valence-electron chi connectivity index (χ1n) is 9.32. The molecule has 9 nitrogen and oxygen atoms in total. The van der Waals surface area contributed by atoms with Crippen LogP contribution in [0.15, 0.2) is 30.5 Å². The highest BCUT2D eigenvalue weighted by Crippen LogP contribution is 2.26. The van der Waals surface area contributed by atoms with Crippen molar-refractivity contribution in [2.75, 3.05) is 23.3 Å².